The first-order valence-electron chi connectivity index (χ1n) is 7.18. The number of fused-ring (bicyclic) bond motifs is 1. The van der Waals surface area contributed by atoms with Crippen LogP contribution in [-0.4, -0.2) is 29.9 Å². The van der Waals surface area contributed by atoms with Crippen LogP contribution in [0.1, 0.15) is 51.9 Å². The minimum Gasteiger partial charge on any atom is -0.357 e. The number of likely N-dealkylation sites (N-methyl/N-ethyl adjacent to an activating group) is 1. The molecular formula is C15H24N2. The molecule has 2 aliphatic carbocycles. The zero-order valence-electron chi connectivity index (χ0n) is 11.2. The number of hydrogen-bond donors (Lipinski definition) is 0. The van der Waals surface area contributed by atoms with Crippen LogP contribution in [0.25, 0.3) is 0 Å². The lowest BCUT2D eigenvalue weighted by Crippen LogP contribution is -2.44. The molecule has 0 spiro atoms. The molecule has 0 saturated heterocycles. The Kier molecular flexibility index (Phi) is 2.76. The maximum atomic E-state index is 5.04. The second-order valence-corrected chi connectivity index (χ2v) is 6.25. The van der Waals surface area contributed by atoms with Crippen molar-refractivity contribution in [2.75, 3.05) is 7.05 Å². The first-order valence-corrected chi connectivity index (χ1v) is 7.18. The Balaban J connectivity index is 1.85. The number of allylic oxidation sites excluding steroid dienone is 1. The summed E-state index contributed by atoms with van der Waals surface area (Å²) in [6, 6.07) is 1.09. The van der Waals surface area contributed by atoms with Crippen LogP contribution in [0.15, 0.2) is 17.1 Å². The number of amidine groups is 1. The van der Waals surface area contributed by atoms with Crippen LogP contribution in [0.3, 0.4) is 0 Å². The van der Waals surface area contributed by atoms with Gasteiger partial charge in [-0.2, -0.15) is 0 Å². The third-order valence-corrected chi connectivity index (χ3v) is 4.96. The summed E-state index contributed by atoms with van der Waals surface area (Å²) < 4.78 is 0. The van der Waals surface area contributed by atoms with Gasteiger partial charge in [-0.05, 0) is 25.7 Å². The van der Waals surface area contributed by atoms with E-state index >= 15 is 0 Å². The van der Waals surface area contributed by atoms with E-state index in [1.54, 1.807) is 0 Å². The number of rotatable bonds is 1. The molecule has 0 amide bonds. The Bertz CT molecular complexity index is 350. The Morgan fingerprint density at radius 2 is 2.06 bits per heavy atom. The third kappa shape index (κ3) is 1.82. The molecule has 0 aromatic carbocycles. The summed E-state index contributed by atoms with van der Waals surface area (Å²) >= 11 is 0. The lowest BCUT2D eigenvalue weighted by molar-refractivity contribution is 0.264. The fraction of sp³-hybridized carbons (Fsp3) is 0.800. The van der Waals surface area contributed by atoms with Crippen LogP contribution in [0, 0.1) is 5.41 Å². The highest BCUT2D eigenvalue weighted by Crippen LogP contribution is 2.41. The molecule has 2 unspecified atom stereocenters. The summed E-state index contributed by atoms with van der Waals surface area (Å²) in [6.07, 6.45) is 14.0. The standard InChI is InChI=1S/C15H24N2/c1-15(10-6-3-7-11-15)14-16-12-8-4-5-9-13(12)17(14)2/h4,8,12-13H,3,5-7,9-11H2,1-2H3. The smallest absolute Gasteiger partial charge is 0.106 e. The molecule has 0 N–H and O–H groups in total. The van der Waals surface area contributed by atoms with Gasteiger partial charge in [-0.15, -0.1) is 0 Å². The van der Waals surface area contributed by atoms with Gasteiger partial charge in [-0.1, -0.05) is 38.3 Å². The van der Waals surface area contributed by atoms with Crippen LogP contribution in [0.4, 0.5) is 0 Å². The van der Waals surface area contributed by atoms with Crippen LogP contribution in [0.5, 0.6) is 0 Å². The van der Waals surface area contributed by atoms with Gasteiger partial charge in [-0.3, -0.25) is 4.99 Å². The monoisotopic (exact) mass is 232 g/mol. The largest absolute Gasteiger partial charge is 0.357 e. The van der Waals surface area contributed by atoms with Crippen LogP contribution < -0.4 is 0 Å². The maximum absolute atomic E-state index is 5.04. The van der Waals surface area contributed by atoms with E-state index in [4.69, 9.17) is 4.99 Å². The van der Waals surface area contributed by atoms with Gasteiger partial charge < -0.3 is 4.90 Å². The molecule has 3 aliphatic rings. The molecular weight excluding hydrogens is 208 g/mol. The van der Waals surface area contributed by atoms with E-state index in [2.05, 4.69) is 31.0 Å². The summed E-state index contributed by atoms with van der Waals surface area (Å²) in [5.74, 6) is 1.40. The molecule has 2 heteroatoms. The summed E-state index contributed by atoms with van der Waals surface area (Å²) in [6.45, 7) is 2.43. The minimum atomic E-state index is 0.359. The fourth-order valence-electron chi connectivity index (χ4n) is 3.88. The third-order valence-electron chi connectivity index (χ3n) is 4.96. The summed E-state index contributed by atoms with van der Waals surface area (Å²) in [5, 5.41) is 0. The van der Waals surface area contributed by atoms with Gasteiger partial charge in [0.1, 0.15) is 5.84 Å². The second-order valence-electron chi connectivity index (χ2n) is 6.25. The van der Waals surface area contributed by atoms with Crippen LogP contribution >= 0.6 is 0 Å². The van der Waals surface area contributed by atoms with Crippen molar-refractivity contribution >= 4 is 5.84 Å². The van der Waals surface area contributed by atoms with E-state index in [0.29, 0.717) is 17.5 Å². The molecule has 2 nitrogen and oxygen atoms in total. The number of nitrogens with zero attached hydrogens (tertiary/aromatic N) is 2. The quantitative estimate of drug-likeness (QED) is 0.633. The highest BCUT2D eigenvalue weighted by molar-refractivity contribution is 5.90. The van der Waals surface area contributed by atoms with Crippen LogP contribution in [-0.2, 0) is 0 Å². The molecule has 0 aromatic heterocycles. The molecule has 1 heterocycles. The topological polar surface area (TPSA) is 15.6 Å². The average molecular weight is 232 g/mol. The molecule has 2 atom stereocenters. The highest BCUT2D eigenvalue weighted by atomic mass is 15.3. The van der Waals surface area contributed by atoms with Crippen molar-refractivity contribution < 1.29 is 0 Å². The van der Waals surface area contributed by atoms with E-state index in [9.17, 15) is 0 Å². The van der Waals surface area contributed by atoms with Gasteiger partial charge in [0.25, 0.3) is 0 Å². The zero-order chi connectivity index (χ0) is 11.9. The fourth-order valence-corrected chi connectivity index (χ4v) is 3.88. The molecule has 1 aliphatic heterocycles. The lowest BCUT2D eigenvalue weighted by Gasteiger charge is -2.38. The molecule has 0 bridgehead atoms. The molecule has 1 fully saturated rings. The summed E-state index contributed by atoms with van der Waals surface area (Å²) in [4.78, 5) is 7.54. The molecule has 1 saturated carbocycles. The molecule has 3 rings (SSSR count). The predicted molar refractivity (Wildman–Crippen MR) is 72.3 cm³/mol. The Morgan fingerprint density at radius 3 is 2.76 bits per heavy atom. The predicted octanol–water partition coefficient (Wildman–Crippen LogP) is 3.39. The van der Waals surface area contributed by atoms with Gasteiger partial charge >= 0.3 is 0 Å². The van der Waals surface area contributed by atoms with E-state index in [-0.39, 0.29) is 0 Å². The lowest BCUT2D eigenvalue weighted by atomic mass is 9.74. The van der Waals surface area contributed by atoms with Gasteiger partial charge in [0.2, 0.25) is 0 Å². The molecule has 94 valence electrons. The average Bonchev–Trinajstić information content (AvgIpc) is 2.69. The Hall–Kier alpha value is -0.790. The van der Waals surface area contributed by atoms with Crippen LogP contribution in [0.2, 0.25) is 0 Å². The number of hydrogen-bond acceptors (Lipinski definition) is 2. The van der Waals surface area contributed by atoms with Crippen molar-refractivity contribution in [1.29, 1.82) is 0 Å². The van der Waals surface area contributed by atoms with Gasteiger partial charge in [0.15, 0.2) is 0 Å². The molecule has 0 aromatic rings. The Morgan fingerprint density at radius 1 is 1.29 bits per heavy atom. The van der Waals surface area contributed by atoms with E-state index in [1.165, 1.54) is 50.8 Å². The second kappa shape index (κ2) is 4.15. The highest BCUT2D eigenvalue weighted by Gasteiger charge is 2.42. The zero-order valence-corrected chi connectivity index (χ0v) is 11.2. The van der Waals surface area contributed by atoms with Crippen molar-refractivity contribution in [3.8, 4) is 0 Å². The SMILES string of the molecule is CN1C(C2(C)CCCCC2)=NC2C=CCCC21. The van der Waals surface area contributed by atoms with Crippen molar-refractivity contribution in [3.63, 3.8) is 0 Å². The van der Waals surface area contributed by atoms with E-state index < -0.39 is 0 Å². The van der Waals surface area contributed by atoms with E-state index in [0.717, 1.165) is 0 Å². The Labute approximate surface area is 105 Å². The van der Waals surface area contributed by atoms with Crippen molar-refractivity contribution in [2.45, 2.75) is 64.0 Å². The first kappa shape index (κ1) is 11.3. The van der Waals surface area contributed by atoms with Crippen molar-refractivity contribution in [1.82, 2.24) is 4.90 Å². The first-order chi connectivity index (χ1) is 8.21. The van der Waals surface area contributed by atoms with Gasteiger partial charge in [-0.25, -0.2) is 0 Å². The maximum Gasteiger partial charge on any atom is 0.106 e. The van der Waals surface area contributed by atoms with Crippen molar-refractivity contribution in [3.05, 3.63) is 12.2 Å². The normalized spacial score (nSPS) is 35.6. The van der Waals surface area contributed by atoms with Gasteiger partial charge in [0, 0.05) is 12.5 Å². The van der Waals surface area contributed by atoms with Crippen molar-refractivity contribution in [2.24, 2.45) is 10.4 Å². The molecule has 17 heavy (non-hydrogen) atoms. The van der Waals surface area contributed by atoms with E-state index in [1.807, 2.05) is 0 Å². The summed E-state index contributed by atoms with van der Waals surface area (Å²) in [7, 11) is 2.27. The number of aliphatic imine (C=N–C) groups is 1. The minimum absolute atomic E-state index is 0.359. The van der Waals surface area contributed by atoms with Gasteiger partial charge in [0.05, 0.1) is 12.1 Å². The summed E-state index contributed by atoms with van der Waals surface area (Å²) in [5.41, 5.74) is 0.359. The molecule has 0 radical (unpaired) electrons.